The highest BCUT2D eigenvalue weighted by Crippen LogP contribution is 2.21. The van der Waals surface area contributed by atoms with Gasteiger partial charge < -0.3 is 14.8 Å². The molecular formula is C14H21NO2. The van der Waals surface area contributed by atoms with E-state index in [-0.39, 0.29) is 6.10 Å². The monoisotopic (exact) mass is 235 g/mol. The van der Waals surface area contributed by atoms with Gasteiger partial charge in [-0.2, -0.15) is 0 Å². The minimum Gasteiger partial charge on any atom is -0.491 e. The van der Waals surface area contributed by atoms with Crippen LogP contribution in [0.1, 0.15) is 24.0 Å². The Morgan fingerprint density at radius 3 is 3.06 bits per heavy atom. The minimum atomic E-state index is 0.277. The molecule has 0 spiro atoms. The minimum absolute atomic E-state index is 0.277. The van der Waals surface area contributed by atoms with Gasteiger partial charge in [-0.25, -0.2) is 0 Å². The van der Waals surface area contributed by atoms with Gasteiger partial charge in [-0.3, -0.25) is 0 Å². The van der Waals surface area contributed by atoms with Crippen LogP contribution in [0.3, 0.4) is 0 Å². The summed E-state index contributed by atoms with van der Waals surface area (Å²) in [5, 5.41) is 3.17. The van der Waals surface area contributed by atoms with E-state index in [2.05, 4.69) is 30.4 Å². The molecule has 1 fully saturated rings. The maximum Gasteiger partial charge on any atom is 0.123 e. The van der Waals surface area contributed by atoms with Gasteiger partial charge in [0.1, 0.15) is 12.4 Å². The zero-order valence-electron chi connectivity index (χ0n) is 10.7. The van der Waals surface area contributed by atoms with Crippen molar-refractivity contribution < 1.29 is 9.47 Å². The van der Waals surface area contributed by atoms with Crippen molar-refractivity contribution in [1.29, 1.82) is 0 Å². The van der Waals surface area contributed by atoms with Gasteiger partial charge in [0.05, 0.1) is 6.10 Å². The van der Waals surface area contributed by atoms with Gasteiger partial charge in [-0.05, 0) is 32.9 Å². The zero-order valence-corrected chi connectivity index (χ0v) is 10.7. The van der Waals surface area contributed by atoms with Crippen LogP contribution in [0.2, 0.25) is 0 Å². The highest BCUT2D eigenvalue weighted by atomic mass is 16.5. The molecule has 1 saturated heterocycles. The Bertz CT molecular complexity index is 359. The Morgan fingerprint density at radius 1 is 1.47 bits per heavy atom. The lowest BCUT2D eigenvalue weighted by Crippen LogP contribution is -2.17. The maximum atomic E-state index is 5.86. The second kappa shape index (κ2) is 6.03. The number of hydrogen-bond acceptors (Lipinski definition) is 3. The van der Waals surface area contributed by atoms with Crippen LogP contribution in [0.4, 0.5) is 0 Å². The van der Waals surface area contributed by atoms with E-state index in [1.165, 1.54) is 11.1 Å². The van der Waals surface area contributed by atoms with Gasteiger partial charge >= 0.3 is 0 Å². The molecule has 1 aliphatic rings. The Hall–Kier alpha value is -1.06. The van der Waals surface area contributed by atoms with Crippen LogP contribution in [-0.4, -0.2) is 26.4 Å². The summed E-state index contributed by atoms with van der Waals surface area (Å²) in [6.07, 6.45) is 2.55. The van der Waals surface area contributed by atoms with E-state index >= 15 is 0 Å². The van der Waals surface area contributed by atoms with Crippen LogP contribution in [-0.2, 0) is 11.3 Å². The first-order valence-electron chi connectivity index (χ1n) is 6.28. The molecule has 1 aliphatic heterocycles. The third kappa shape index (κ3) is 3.45. The summed E-state index contributed by atoms with van der Waals surface area (Å²) in [6.45, 7) is 4.48. The van der Waals surface area contributed by atoms with Crippen molar-refractivity contribution in [1.82, 2.24) is 5.32 Å². The van der Waals surface area contributed by atoms with Crippen LogP contribution in [0.5, 0.6) is 5.75 Å². The molecule has 0 bridgehead atoms. The number of rotatable bonds is 5. The van der Waals surface area contributed by atoms with E-state index in [0.717, 1.165) is 31.7 Å². The summed E-state index contributed by atoms with van der Waals surface area (Å²) in [4.78, 5) is 0. The number of aryl methyl sites for hydroxylation is 1. The largest absolute Gasteiger partial charge is 0.491 e. The van der Waals surface area contributed by atoms with E-state index in [1.54, 1.807) is 0 Å². The second-order valence-electron chi connectivity index (χ2n) is 4.59. The third-order valence-electron chi connectivity index (χ3n) is 3.03. The highest BCUT2D eigenvalue weighted by molar-refractivity contribution is 5.36. The third-order valence-corrected chi connectivity index (χ3v) is 3.03. The Kier molecular flexibility index (Phi) is 4.40. The molecule has 0 aromatic heterocycles. The SMILES string of the molecule is CNCc1cc(C)ccc1OCC1CCCO1. The number of nitrogens with one attached hydrogen (secondary N) is 1. The molecule has 1 N–H and O–H groups in total. The molecule has 3 nitrogen and oxygen atoms in total. The molecule has 1 atom stereocenters. The predicted octanol–water partition coefficient (Wildman–Crippen LogP) is 2.27. The molecule has 1 unspecified atom stereocenters. The fraction of sp³-hybridized carbons (Fsp3) is 0.571. The van der Waals surface area contributed by atoms with Gasteiger partial charge in [-0.1, -0.05) is 17.7 Å². The summed E-state index contributed by atoms with van der Waals surface area (Å²) in [6, 6.07) is 6.31. The lowest BCUT2D eigenvalue weighted by Gasteiger charge is -2.15. The van der Waals surface area contributed by atoms with Crippen LogP contribution in [0.25, 0.3) is 0 Å². The first-order chi connectivity index (χ1) is 8.29. The Morgan fingerprint density at radius 2 is 2.35 bits per heavy atom. The van der Waals surface area contributed by atoms with E-state index in [1.807, 2.05) is 7.05 Å². The molecule has 17 heavy (non-hydrogen) atoms. The van der Waals surface area contributed by atoms with Crippen molar-refractivity contribution in [2.45, 2.75) is 32.4 Å². The standard InChI is InChI=1S/C14H21NO2/c1-11-5-6-14(12(8-11)9-15-2)17-10-13-4-3-7-16-13/h5-6,8,13,15H,3-4,7,9-10H2,1-2H3. The lowest BCUT2D eigenvalue weighted by molar-refractivity contribution is 0.0676. The van der Waals surface area contributed by atoms with Crippen molar-refractivity contribution in [2.24, 2.45) is 0 Å². The molecule has 0 saturated carbocycles. The molecule has 1 aromatic carbocycles. The predicted molar refractivity (Wildman–Crippen MR) is 68.4 cm³/mol. The second-order valence-corrected chi connectivity index (χ2v) is 4.59. The number of hydrogen-bond donors (Lipinski definition) is 1. The zero-order chi connectivity index (χ0) is 12.1. The molecule has 0 radical (unpaired) electrons. The van der Waals surface area contributed by atoms with E-state index in [0.29, 0.717) is 6.61 Å². The summed E-state index contributed by atoms with van der Waals surface area (Å²) in [5.41, 5.74) is 2.48. The fourth-order valence-corrected chi connectivity index (χ4v) is 2.14. The van der Waals surface area contributed by atoms with Crippen molar-refractivity contribution in [3.8, 4) is 5.75 Å². The molecule has 3 heteroatoms. The van der Waals surface area contributed by atoms with Gasteiger partial charge in [0.15, 0.2) is 0 Å². The Balaban J connectivity index is 1.98. The van der Waals surface area contributed by atoms with Crippen LogP contribution < -0.4 is 10.1 Å². The molecule has 1 aromatic rings. The molecular weight excluding hydrogens is 214 g/mol. The first-order valence-corrected chi connectivity index (χ1v) is 6.28. The quantitative estimate of drug-likeness (QED) is 0.849. The van der Waals surface area contributed by atoms with Crippen molar-refractivity contribution in [2.75, 3.05) is 20.3 Å². The van der Waals surface area contributed by atoms with Gasteiger partial charge in [0.2, 0.25) is 0 Å². The normalized spacial score (nSPS) is 19.5. The first kappa shape index (κ1) is 12.4. The van der Waals surface area contributed by atoms with Gasteiger partial charge in [0, 0.05) is 18.7 Å². The molecule has 2 rings (SSSR count). The topological polar surface area (TPSA) is 30.5 Å². The molecule has 0 aliphatic carbocycles. The average Bonchev–Trinajstić information content (AvgIpc) is 2.81. The van der Waals surface area contributed by atoms with Crippen molar-refractivity contribution in [3.63, 3.8) is 0 Å². The van der Waals surface area contributed by atoms with Crippen LogP contribution >= 0.6 is 0 Å². The van der Waals surface area contributed by atoms with Gasteiger partial charge in [-0.15, -0.1) is 0 Å². The summed E-state index contributed by atoms with van der Waals surface area (Å²) >= 11 is 0. The van der Waals surface area contributed by atoms with E-state index < -0.39 is 0 Å². The van der Waals surface area contributed by atoms with Crippen molar-refractivity contribution >= 4 is 0 Å². The number of benzene rings is 1. The molecule has 94 valence electrons. The average molecular weight is 235 g/mol. The van der Waals surface area contributed by atoms with Gasteiger partial charge in [0.25, 0.3) is 0 Å². The number of ether oxygens (including phenoxy) is 2. The van der Waals surface area contributed by atoms with E-state index in [4.69, 9.17) is 9.47 Å². The smallest absolute Gasteiger partial charge is 0.123 e. The fourth-order valence-electron chi connectivity index (χ4n) is 2.14. The molecule has 1 heterocycles. The maximum absolute atomic E-state index is 5.86. The lowest BCUT2D eigenvalue weighted by atomic mass is 10.1. The van der Waals surface area contributed by atoms with Crippen LogP contribution in [0.15, 0.2) is 18.2 Å². The highest BCUT2D eigenvalue weighted by Gasteiger charge is 2.16. The molecule has 0 amide bonds. The summed E-state index contributed by atoms with van der Waals surface area (Å²) in [7, 11) is 1.95. The summed E-state index contributed by atoms with van der Waals surface area (Å²) < 4.78 is 11.4. The van der Waals surface area contributed by atoms with Crippen molar-refractivity contribution in [3.05, 3.63) is 29.3 Å². The van der Waals surface area contributed by atoms with E-state index in [9.17, 15) is 0 Å². The Labute approximate surface area is 103 Å². The summed E-state index contributed by atoms with van der Waals surface area (Å²) in [5.74, 6) is 0.973. The van der Waals surface area contributed by atoms with Crippen LogP contribution in [0, 0.1) is 6.92 Å².